The average Bonchev–Trinajstić information content (AvgIpc) is 3.17. The van der Waals surface area contributed by atoms with Crippen LogP contribution in [0.15, 0.2) is 56.9 Å². The number of anilines is 1. The van der Waals surface area contributed by atoms with Crippen LogP contribution in [0, 0.1) is 11.7 Å². The number of H-pyrrole nitrogens is 2. The number of aromatic amines is 2. The Hall–Kier alpha value is -3.19. The summed E-state index contributed by atoms with van der Waals surface area (Å²) in [5.74, 6) is 1.28. The van der Waals surface area contributed by atoms with Crippen LogP contribution in [0.4, 0.5) is 5.82 Å². The van der Waals surface area contributed by atoms with E-state index in [1.165, 1.54) is 0 Å². The Morgan fingerprint density at radius 3 is 2.62 bits per heavy atom. The quantitative estimate of drug-likeness (QED) is 0.544. The van der Waals surface area contributed by atoms with Gasteiger partial charge in [0.25, 0.3) is 5.56 Å². The first-order valence-electron chi connectivity index (χ1n) is 9.58. The highest BCUT2D eigenvalue weighted by molar-refractivity contribution is 7.71. The first-order valence-corrected chi connectivity index (χ1v) is 9.98. The first-order chi connectivity index (χ1) is 14.0. The minimum atomic E-state index is -0.566. The molecule has 3 N–H and O–H groups in total. The Labute approximate surface area is 171 Å². The van der Waals surface area contributed by atoms with Crippen molar-refractivity contribution in [2.45, 2.75) is 32.1 Å². The second-order valence-corrected chi connectivity index (χ2v) is 7.90. The Balaban J connectivity index is 1.69. The molecule has 1 aromatic carbocycles. The van der Waals surface area contributed by atoms with Crippen LogP contribution in [0.25, 0.3) is 11.3 Å². The number of ketones is 1. The summed E-state index contributed by atoms with van der Waals surface area (Å²) in [5, 5.41) is 3.23. The van der Waals surface area contributed by atoms with Crippen molar-refractivity contribution in [1.29, 1.82) is 0 Å². The second kappa shape index (κ2) is 6.70. The molecule has 1 unspecified atom stereocenters. The van der Waals surface area contributed by atoms with Crippen molar-refractivity contribution in [1.82, 2.24) is 9.97 Å². The number of carbonyl (C=O) groups excluding carboxylic acids is 1. The molecule has 146 valence electrons. The number of nitrogens with one attached hydrogen (secondary N) is 3. The number of rotatable bonds is 2. The van der Waals surface area contributed by atoms with E-state index in [-0.39, 0.29) is 16.1 Å². The molecule has 0 bridgehead atoms. The normalized spacial score (nSPS) is 18.2. The van der Waals surface area contributed by atoms with E-state index in [4.69, 9.17) is 16.6 Å². The van der Waals surface area contributed by atoms with Crippen LogP contribution >= 0.6 is 12.2 Å². The van der Waals surface area contributed by atoms with Crippen LogP contribution < -0.4 is 10.9 Å². The zero-order chi connectivity index (χ0) is 20.1. The van der Waals surface area contributed by atoms with Crippen molar-refractivity contribution in [3.63, 3.8) is 0 Å². The lowest BCUT2D eigenvalue weighted by atomic mass is 9.79. The van der Waals surface area contributed by atoms with Gasteiger partial charge in [-0.1, -0.05) is 29.8 Å². The standard InChI is InChI=1S/C22H19N3O3S/c1-11-5-7-12(8-6-11)15-9-10-16(28-15)18-17-13(3-2-4-14(17)26)23-20-19(18)21(27)25-22(29)24-20/h5-10,18H,2-4H2,1H3,(H3,23,24,25,27,29). The van der Waals surface area contributed by atoms with E-state index in [1.54, 1.807) is 0 Å². The molecule has 2 aliphatic rings. The van der Waals surface area contributed by atoms with E-state index in [1.807, 2.05) is 43.3 Å². The molecule has 6 nitrogen and oxygen atoms in total. The van der Waals surface area contributed by atoms with Crippen molar-refractivity contribution in [2.24, 2.45) is 0 Å². The third-order valence-corrected chi connectivity index (χ3v) is 5.74. The smallest absolute Gasteiger partial charge is 0.258 e. The van der Waals surface area contributed by atoms with Gasteiger partial charge >= 0.3 is 0 Å². The number of aromatic nitrogens is 2. The minimum Gasteiger partial charge on any atom is -0.460 e. The van der Waals surface area contributed by atoms with E-state index in [9.17, 15) is 9.59 Å². The van der Waals surface area contributed by atoms with Gasteiger partial charge in [-0.3, -0.25) is 14.6 Å². The van der Waals surface area contributed by atoms with Crippen molar-refractivity contribution >= 4 is 23.8 Å². The molecule has 0 amide bonds. The fourth-order valence-corrected chi connectivity index (χ4v) is 4.35. The van der Waals surface area contributed by atoms with Gasteiger partial charge in [-0.2, -0.15) is 0 Å². The van der Waals surface area contributed by atoms with Gasteiger partial charge in [0.2, 0.25) is 0 Å². The van der Waals surface area contributed by atoms with Gasteiger partial charge < -0.3 is 14.7 Å². The molecule has 2 aromatic heterocycles. The monoisotopic (exact) mass is 405 g/mol. The van der Waals surface area contributed by atoms with Crippen LogP contribution in [-0.2, 0) is 4.79 Å². The number of Topliss-reactive ketones (excluding diaryl/α,β-unsaturated/α-hetero) is 1. The lowest BCUT2D eigenvalue weighted by molar-refractivity contribution is -0.116. The van der Waals surface area contributed by atoms with Gasteiger partial charge in [-0.05, 0) is 44.1 Å². The van der Waals surface area contributed by atoms with Gasteiger partial charge in [0.1, 0.15) is 17.3 Å². The SMILES string of the molecule is Cc1ccc(-c2ccc(C3C4=C(CCCC4=O)Nc4[nH]c(=S)[nH]c(=O)c43)o2)cc1. The summed E-state index contributed by atoms with van der Waals surface area (Å²) in [6.45, 7) is 2.03. The van der Waals surface area contributed by atoms with Crippen molar-refractivity contribution in [2.75, 3.05) is 5.32 Å². The number of aryl methyl sites for hydroxylation is 1. The maximum Gasteiger partial charge on any atom is 0.258 e. The molecule has 7 heteroatoms. The zero-order valence-corrected chi connectivity index (χ0v) is 16.6. The highest BCUT2D eigenvalue weighted by atomic mass is 32.1. The van der Waals surface area contributed by atoms with Gasteiger partial charge in [0, 0.05) is 23.3 Å². The van der Waals surface area contributed by atoms with Crippen LogP contribution in [0.1, 0.15) is 42.1 Å². The summed E-state index contributed by atoms with van der Waals surface area (Å²) in [6.07, 6.45) is 2.00. The van der Waals surface area contributed by atoms with Gasteiger partial charge in [-0.25, -0.2) is 0 Å². The minimum absolute atomic E-state index is 0.0459. The van der Waals surface area contributed by atoms with E-state index in [0.29, 0.717) is 34.9 Å². The largest absolute Gasteiger partial charge is 0.460 e. The number of hydrogen-bond acceptors (Lipinski definition) is 5. The number of furan rings is 1. The second-order valence-electron chi connectivity index (χ2n) is 7.49. The topological polar surface area (TPSA) is 90.9 Å². The van der Waals surface area contributed by atoms with Crippen molar-refractivity contribution in [3.05, 3.63) is 79.7 Å². The van der Waals surface area contributed by atoms with E-state index in [2.05, 4.69) is 15.3 Å². The Kier molecular flexibility index (Phi) is 4.13. The number of benzene rings is 1. The summed E-state index contributed by atoms with van der Waals surface area (Å²) in [5.41, 5.74) is 3.67. The molecule has 3 heterocycles. The summed E-state index contributed by atoms with van der Waals surface area (Å²) in [7, 11) is 0. The number of allylic oxidation sites excluding steroid dienone is 2. The molecule has 1 aliphatic heterocycles. The van der Waals surface area contributed by atoms with Crippen LogP contribution in [0.2, 0.25) is 0 Å². The fourth-order valence-electron chi connectivity index (χ4n) is 4.16. The Bertz CT molecular complexity index is 1280. The van der Waals surface area contributed by atoms with E-state index < -0.39 is 5.92 Å². The van der Waals surface area contributed by atoms with Crippen LogP contribution in [-0.4, -0.2) is 15.8 Å². The maximum absolute atomic E-state index is 12.8. The van der Waals surface area contributed by atoms with E-state index >= 15 is 0 Å². The molecule has 3 aromatic rings. The van der Waals surface area contributed by atoms with Crippen molar-refractivity contribution in [3.8, 4) is 11.3 Å². The maximum atomic E-state index is 12.8. The number of hydrogen-bond donors (Lipinski definition) is 3. The third-order valence-electron chi connectivity index (χ3n) is 5.54. The van der Waals surface area contributed by atoms with Gasteiger partial charge in [0.05, 0.1) is 11.5 Å². The summed E-state index contributed by atoms with van der Waals surface area (Å²) in [4.78, 5) is 31.3. The van der Waals surface area contributed by atoms with Crippen molar-refractivity contribution < 1.29 is 9.21 Å². The predicted octanol–water partition coefficient (Wildman–Crippen LogP) is 4.57. The summed E-state index contributed by atoms with van der Waals surface area (Å²) >= 11 is 5.13. The molecule has 0 spiro atoms. The molecule has 0 saturated carbocycles. The van der Waals surface area contributed by atoms with E-state index in [0.717, 1.165) is 29.7 Å². The van der Waals surface area contributed by atoms with Crippen LogP contribution in [0.3, 0.4) is 0 Å². The number of carbonyl (C=O) groups is 1. The highest BCUT2D eigenvalue weighted by Gasteiger charge is 2.39. The molecular weight excluding hydrogens is 386 g/mol. The average molecular weight is 405 g/mol. The molecule has 0 fully saturated rings. The lowest BCUT2D eigenvalue weighted by Crippen LogP contribution is -2.32. The molecule has 1 aliphatic carbocycles. The van der Waals surface area contributed by atoms with Gasteiger partial charge in [-0.15, -0.1) is 0 Å². The molecule has 1 atom stereocenters. The molecular formula is C22H19N3O3S. The molecule has 0 radical (unpaired) electrons. The first kappa shape index (κ1) is 17.9. The Morgan fingerprint density at radius 1 is 1.03 bits per heavy atom. The predicted molar refractivity (Wildman–Crippen MR) is 112 cm³/mol. The summed E-state index contributed by atoms with van der Waals surface area (Å²) in [6, 6.07) is 11.8. The summed E-state index contributed by atoms with van der Waals surface area (Å²) < 4.78 is 6.42. The highest BCUT2D eigenvalue weighted by Crippen LogP contribution is 2.44. The van der Waals surface area contributed by atoms with Crippen LogP contribution in [0.5, 0.6) is 0 Å². The zero-order valence-electron chi connectivity index (χ0n) is 15.8. The number of fused-ring (bicyclic) bond motifs is 1. The molecule has 0 saturated heterocycles. The third kappa shape index (κ3) is 2.98. The Morgan fingerprint density at radius 2 is 1.83 bits per heavy atom. The molecule has 5 rings (SSSR count). The lowest BCUT2D eigenvalue weighted by Gasteiger charge is -2.31. The van der Waals surface area contributed by atoms with Gasteiger partial charge in [0.15, 0.2) is 10.6 Å². The molecule has 29 heavy (non-hydrogen) atoms. The fraction of sp³-hybridized carbons (Fsp3) is 0.227.